The highest BCUT2D eigenvalue weighted by Gasteiger charge is 2.35. The van der Waals surface area contributed by atoms with Crippen LogP contribution < -0.4 is 0 Å². The van der Waals surface area contributed by atoms with Crippen LogP contribution in [0.25, 0.3) is 10.5 Å². The van der Waals surface area contributed by atoms with Crippen LogP contribution in [0.5, 0.6) is 0 Å². The van der Waals surface area contributed by atoms with E-state index in [1.165, 1.54) is 32.1 Å². The maximum atomic E-state index is 2.42. The molecular formula is C22H20S. The lowest BCUT2D eigenvalue weighted by molar-refractivity contribution is 1.40. The lowest BCUT2D eigenvalue weighted by atomic mass is 9.96. The molecule has 3 aromatic carbocycles. The molecule has 4 rings (SSSR count). The van der Waals surface area contributed by atoms with Crippen molar-refractivity contribution in [2.24, 2.45) is 0 Å². The first-order valence-corrected chi connectivity index (χ1v) is 10.3. The average Bonchev–Trinajstić information content (AvgIpc) is 2.84. The van der Waals surface area contributed by atoms with Gasteiger partial charge in [0.05, 0.1) is 0 Å². The highest BCUT2D eigenvalue weighted by Crippen LogP contribution is 2.69. The molecule has 1 aliphatic rings. The van der Waals surface area contributed by atoms with Crippen LogP contribution in [0.2, 0.25) is 0 Å². The third-order valence-electron chi connectivity index (χ3n) is 4.54. The standard InChI is InChI=1S/C22H20S/c1-23(2)20-16-10-9-15-19(20)21(17-11-5-3-6-12-17)22(23)18-13-7-4-8-14-18/h3-16H,1-2H3. The van der Waals surface area contributed by atoms with Gasteiger partial charge >= 0.3 is 0 Å². The molecule has 0 radical (unpaired) electrons. The van der Waals surface area contributed by atoms with Gasteiger partial charge < -0.3 is 0 Å². The molecule has 0 bridgehead atoms. The summed E-state index contributed by atoms with van der Waals surface area (Å²) in [6, 6.07) is 30.6. The van der Waals surface area contributed by atoms with Crippen LogP contribution in [0.1, 0.15) is 16.7 Å². The van der Waals surface area contributed by atoms with Crippen molar-refractivity contribution in [3.05, 3.63) is 102 Å². The van der Waals surface area contributed by atoms with E-state index < -0.39 is 10.0 Å². The summed E-state index contributed by atoms with van der Waals surface area (Å²) in [7, 11) is -1.02. The molecule has 0 fully saturated rings. The second kappa shape index (κ2) is 5.43. The molecule has 3 aromatic rings. The SMILES string of the molecule is CS1(C)C(c2ccccc2)=C(c2ccccc2)c2ccccc21. The molecule has 23 heavy (non-hydrogen) atoms. The minimum atomic E-state index is -1.02. The summed E-state index contributed by atoms with van der Waals surface area (Å²) in [5.74, 6) is 0. The van der Waals surface area contributed by atoms with Gasteiger partial charge in [-0.3, -0.25) is 0 Å². The van der Waals surface area contributed by atoms with Crippen molar-refractivity contribution >= 4 is 20.5 Å². The summed E-state index contributed by atoms with van der Waals surface area (Å²) in [5, 5.41) is 0. The largest absolute Gasteiger partial charge is 0.192 e. The van der Waals surface area contributed by atoms with Gasteiger partial charge in [-0.05, 0) is 35.3 Å². The number of benzene rings is 3. The first kappa shape index (κ1) is 14.3. The van der Waals surface area contributed by atoms with Crippen molar-refractivity contribution in [2.45, 2.75) is 4.90 Å². The summed E-state index contributed by atoms with van der Waals surface area (Å²) in [5.41, 5.74) is 5.48. The number of fused-ring (bicyclic) bond motifs is 1. The Kier molecular flexibility index (Phi) is 3.39. The third-order valence-corrected chi connectivity index (χ3v) is 7.46. The fourth-order valence-corrected chi connectivity index (χ4v) is 6.35. The van der Waals surface area contributed by atoms with Crippen LogP contribution in [-0.2, 0) is 0 Å². The first-order valence-electron chi connectivity index (χ1n) is 7.87. The molecule has 0 aromatic heterocycles. The van der Waals surface area contributed by atoms with E-state index in [-0.39, 0.29) is 0 Å². The van der Waals surface area contributed by atoms with Gasteiger partial charge in [0.1, 0.15) is 0 Å². The van der Waals surface area contributed by atoms with E-state index in [2.05, 4.69) is 97.4 Å². The molecule has 0 spiro atoms. The van der Waals surface area contributed by atoms with Gasteiger partial charge in [-0.2, -0.15) is 10.0 Å². The Balaban J connectivity index is 2.08. The minimum Gasteiger partial charge on any atom is -0.192 e. The zero-order valence-corrected chi connectivity index (χ0v) is 14.3. The Morgan fingerprint density at radius 2 is 1.09 bits per heavy atom. The summed E-state index contributed by atoms with van der Waals surface area (Å²) in [6.07, 6.45) is 4.84. The Labute approximate surface area is 139 Å². The van der Waals surface area contributed by atoms with E-state index in [1.54, 1.807) is 0 Å². The van der Waals surface area contributed by atoms with Crippen LogP contribution in [-0.4, -0.2) is 12.5 Å². The van der Waals surface area contributed by atoms with Gasteiger partial charge in [-0.25, -0.2) is 0 Å². The average molecular weight is 316 g/mol. The zero-order valence-electron chi connectivity index (χ0n) is 13.5. The van der Waals surface area contributed by atoms with Crippen molar-refractivity contribution in [1.29, 1.82) is 0 Å². The van der Waals surface area contributed by atoms with E-state index in [4.69, 9.17) is 0 Å². The number of hydrogen-bond acceptors (Lipinski definition) is 0. The maximum absolute atomic E-state index is 2.42. The van der Waals surface area contributed by atoms with Gasteiger partial charge in [0.15, 0.2) is 0 Å². The van der Waals surface area contributed by atoms with Crippen LogP contribution in [0.4, 0.5) is 0 Å². The quantitative estimate of drug-likeness (QED) is 0.540. The van der Waals surface area contributed by atoms with E-state index in [9.17, 15) is 0 Å². The Morgan fingerprint density at radius 1 is 0.565 bits per heavy atom. The highest BCUT2D eigenvalue weighted by atomic mass is 32.3. The molecule has 114 valence electrons. The van der Waals surface area contributed by atoms with Crippen LogP contribution >= 0.6 is 10.0 Å². The molecule has 0 atom stereocenters. The first-order chi connectivity index (χ1) is 11.2. The predicted octanol–water partition coefficient (Wildman–Crippen LogP) is 6.04. The Morgan fingerprint density at radius 3 is 1.74 bits per heavy atom. The van der Waals surface area contributed by atoms with Gasteiger partial charge in [0.25, 0.3) is 0 Å². The molecule has 0 aliphatic carbocycles. The zero-order chi connectivity index (χ0) is 15.9. The van der Waals surface area contributed by atoms with Crippen molar-refractivity contribution in [1.82, 2.24) is 0 Å². The van der Waals surface area contributed by atoms with E-state index >= 15 is 0 Å². The Hall–Kier alpha value is -2.25. The molecular weight excluding hydrogens is 296 g/mol. The molecule has 1 heteroatoms. The molecule has 0 unspecified atom stereocenters. The molecule has 0 N–H and O–H groups in total. The molecule has 0 saturated heterocycles. The topological polar surface area (TPSA) is 0 Å². The summed E-state index contributed by atoms with van der Waals surface area (Å²) in [4.78, 5) is 3.00. The number of rotatable bonds is 2. The van der Waals surface area contributed by atoms with Crippen LogP contribution in [0, 0.1) is 0 Å². The summed E-state index contributed by atoms with van der Waals surface area (Å²) >= 11 is 0. The van der Waals surface area contributed by atoms with Gasteiger partial charge in [-0.15, -0.1) is 0 Å². The van der Waals surface area contributed by atoms with Crippen molar-refractivity contribution in [3.63, 3.8) is 0 Å². The molecule has 1 aliphatic heterocycles. The molecule has 0 saturated carbocycles. The van der Waals surface area contributed by atoms with E-state index in [1.807, 2.05) is 0 Å². The van der Waals surface area contributed by atoms with Gasteiger partial charge in [0.2, 0.25) is 0 Å². The Bertz CT molecular complexity index is 874. The predicted molar refractivity (Wildman–Crippen MR) is 103 cm³/mol. The van der Waals surface area contributed by atoms with E-state index in [0.29, 0.717) is 0 Å². The maximum Gasteiger partial charge on any atom is 0.00942 e. The van der Waals surface area contributed by atoms with Crippen LogP contribution in [0.3, 0.4) is 0 Å². The van der Waals surface area contributed by atoms with Crippen molar-refractivity contribution in [3.8, 4) is 0 Å². The van der Waals surface area contributed by atoms with E-state index in [0.717, 1.165) is 0 Å². The molecule has 0 nitrogen and oxygen atoms in total. The lowest BCUT2D eigenvalue weighted by Gasteiger charge is -2.31. The van der Waals surface area contributed by atoms with Crippen LogP contribution in [0.15, 0.2) is 89.8 Å². The smallest absolute Gasteiger partial charge is 0.00942 e. The molecule has 1 heterocycles. The number of hydrogen-bond donors (Lipinski definition) is 0. The highest BCUT2D eigenvalue weighted by molar-refractivity contribution is 8.40. The fraction of sp³-hybridized carbons (Fsp3) is 0.0909. The normalized spacial score (nSPS) is 17.0. The lowest BCUT2D eigenvalue weighted by Crippen LogP contribution is -1.96. The second-order valence-corrected chi connectivity index (χ2v) is 9.76. The summed E-state index contributed by atoms with van der Waals surface area (Å²) in [6.45, 7) is 0. The fourth-order valence-electron chi connectivity index (χ4n) is 3.53. The van der Waals surface area contributed by atoms with Crippen molar-refractivity contribution < 1.29 is 0 Å². The van der Waals surface area contributed by atoms with Gasteiger partial charge in [0, 0.05) is 15.4 Å². The van der Waals surface area contributed by atoms with Crippen molar-refractivity contribution in [2.75, 3.05) is 12.5 Å². The summed E-state index contributed by atoms with van der Waals surface area (Å²) < 4.78 is 0. The third kappa shape index (κ3) is 2.24. The van der Waals surface area contributed by atoms with Gasteiger partial charge in [-0.1, -0.05) is 78.9 Å². The monoisotopic (exact) mass is 316 g/mol. The second-order valence-electron chi connectivity index (χ2n) is 6.26. The minimum absolute atomic E-state index is 1.02. The molecule has 0 amide bonds.